The Balaban J connectivity index is 2.44. The molecule has 2 rings (SSSR count). The van der Waals surface area contributed by atoms with E-state index in [0.717, 1.165) is 24.0 Å². The number of carboxylic acids is 1. The first kappa shape index (κ1) is 9.06. The maximum Gasteiger partial charge on any atom is 0.310 e. The van der Waals surface area contributed by atoms with Crippen LogP contribution in [0.4, 0.5) is 0 Å². The normalized spacial score (nSPS) is 20.1. The van der Waals surface area contributed by atoms with Gasteiger partial charge in [0.15, 0.2) is 0 Å². The molecule has 0 heterocycles. The van der Waals surface area contributed by atoms with E-state index in [4.69, 9.17) is 5.11 Å². The Morgan fingerprint density at radius 1 is 1.43 bits per heavy atom. The van der Waals surface area contributed by atoms with E-state index in [-0.39, 0.29) is 11.7 Å². The van der Waals surface area contributed by atoms with Crippen LogP contribution in [-0.4, -0.2) is 16.2 Å². The molecule has 3 heteroatoms. The van der Waals surface area contributed by atoms with Crippen LogP contribution >= 0.6 is 0 Å². The smallest absolute Gasteiger partial charge is 0.310 e. The number of phenols is 1. The van der Waals surface area contributed by atoms with Gasteiger partial charge in [0.05, 0.1) is 5.92 Å². The molecule has 1 aromatic rings. The number of carboxylic acid groups (broad SMARTS) is 1. The third kappa shape index (κ3) is 1.45. The number of aliphatic carboxylic acids is 1. The van der Waals surface area contributed by atoms with Crippen molar-refractivity contribution in [2.75, 3.05) is 0 Å². The predicted octanol–water partition coefficient (Wildman–Crippen LogP) is 1.90. The highest BCUT2D eigenvalue weighted by Crippen LogP contribution is 2.33. The molecule has 0 radical (unpaired) electrons. The molecule has 14 heavy (non-hydrogen) atoms. The van der Waals surface area contributed by atoms with E-state index < -0.39 is 5.97 Å². The monoisotopic (exact) mass is 192 g/mol. The van der Waals surface area contributed by atoms with E-state index in [1.54, 1.807) is 18.2 Å². The summed E-state index contributed by atoms with van der Waals surface area (Å²) < 4.78 is 0. The Morgan fingerprint density at radius 2 is 2.21 bits per heavy atom. The first-order valence-electron chi connectivity index (χ1n) is 4.73. The molecule has 1 atom stereocenters. The number of rotatable bonds is 1. The Hall–Kier alpha value is -1.51. The number of aryl methyl sites for hydroxylation is 1. The number of phenolic OH excluding ortho intramolecular Hbond substituents is 1. The second-order valence-corrected chi connectivity index (χ2v) is 3.67. The molecule has 0 bridgehead atoms. The highest BCUT2D eigenvalue weighted by Gasteiger charge is 2.25. The summed E-state index contributed by atoms with van der Waals surface area (Å²) in [6, 6.07) is 4.95. The molecule has 1 aliphatic carbocycles. The molecule has 0 aromatic heterocycles. The van der Waals surface area contributed by atoms with Crippen molar-refractivity contribution in [3.63, 3.8) is 0 Å². The maximum atomic E-state index is 10.9. The standard InChI is InChI=1S/C11H12O3/c12-8-4-5-9-7(6-8)2-1-3-10(9)11(13)14/h4-6,10,12H,1-3H2,(H,13,14)/t10-/m1/s1. The molecule has 1 aliphatic rings. The zero-order chi connectivity index (χ0) is 10.1. The minimum atomic E-state index is -0.767. The van der Waals surface area contributed by atoms with Crippen LogP contribution < -0.4 is 0 Å². The lowest BCUT2D eigenvalue weighted by atomic mass is 9.83. The molecule has 74 valence electrons. The van der Waals surface area contributed by atoms with E-state index >= 15 is 0 Å². The van der Waals surface area contributed by atoms with E-state index in [9.17, 15) is 9.90 Å². The van der Waals surface area contributed by atoms with Gasteiger partial charge in [-0.15, -0.1) is 0 Å². The Labute approximate surface area is 82.0 Å². The van der Waals surface area contributed by atoms with Gasteiger partial charge in [0, 0.05) is 0 Å². The minimum absolute atomic E-state index is 0.217. The van der Waals surface area contributed by atoms with Gasteiger partial charge in [-0.1, -0.05) is 6.07 Å². The predicted molar refractivity (Wildman–Crippen MR) is 51.4 cm³/mol. The summed E-state index contributed by atoms with van der Waals surface area (Å²) in [7, 11) is 0. The topological polar surface area (TPSA) is 57.5 Å². The molecule has 0 aliphatic heterocycles. The average molecular weight is 192 g/mol. The van der Waals surface area contributed by atoms with Crippen LogP contribution in [-0.2, 0) is 11.2 Å². The number of fused-ring (bicyclic) bond motifs is 1. The first-order chi connectivity index (χ1) is 6.68. The van der Waals surface area contributed by atoms with Crippen LogP contribution in [0.5, 0.6) is 5.75 Å². The molecule has 0 amide bonds. The van der Waals surface area contributed by atoms with Gasteiger partial charge in [0.1, 0.15) is 5.75 Å². The molecule has 0 fully saturated rings. The van der Waals surface area contributed by atoms with Gasteiger partial charge in [-0.05, 0) is 42.5 Å². The van der Waals surface area contributed by atoms with E-state index in [1.165, 1.54) is 0 Å². The lowest BCUT2D eigenvalue weighted by Gasteiger charge is -2.22. The zero-order valence-electron chi connectivity index (χ0n) is 7.73. The van der Waals surface area contributed by atoms with Crippen LogP contribution in [0.25, 0.3) is 0 Å². The number of hydrogen-bond donors (Lipinski definition) is 2. The van der Waals surface area contributed by atoms with E-state index in [0.29, 0.717) is 6.42 Å². The summed E-state index contributed by atoms with van der Waals surface area (Å²) in [5.74, 6) is -0.939. The number of aromatic hydroxyl groups is 1. The van der Waals surface area contributed by atoms with Crippen molar-refractivity contribution in [1.82, 2.24) is 0 Å². The number of carbonyl (C=O) groups is 1. The van der Waals surface area contributed by atoms with Crippen molar-refractivity contribution >= 4 is 5.97 Å². The third-order valence-electron chi connectivity index (χ3n) is 2.74. The summed E-state index contributed by atoms with van der Waals surface area (Å²) in [6.07, 6.45) is 2.45. The lowest BCUT2D eigenvalue weighted by molar-refractivity contribution is -0.139. The largest absolute Gasteiger partial charge is 0.508 e. The van der Waals surface area contributed by atoms with Crippen molar-refractivity contribution in [3.8, 4) is 5.75 Å². The summed E-state index contributed by atoms with van der Waals surface area (Å²) in [5.41, 5.74) is 1.84. The molecular formula is C11H12O3. The molecule has 0 saturated carbocycles. The molecule has 2 N–H and O–H groups in total. The second-order valence-electron chi connectivity index (χ2n) is 3.67. The van der Waals surface area contributed by atoms with E-state index in [1.807, 2.05) is 0 Å². The fraction of sp³-hybridized carbons (Fsp3) is 0.364. The SMILES string of the molecule is O=C(O)[C@@H]1CCCc2cc(O)ccc21. The summed E-state index contributed by atoms with van der Waals surface area (Å²) in [4.78, 5) is 10.9. The van der Waals surface area contributed by atoms with Gasteiger partial charge >= 0.3 is 5.97 Å². The Kier molecular flexibility index (Phi) is 2.15. The Bertz CT molecular complexity index is 371. The van der Waals surface area contributed by atoms with Crippen molar-refractivity contribution in [1.29, 1.82) is 0 Å². The highest BCUT2D eigenvalue weighted by molar-refractivity contribution is 5.77. The van der Waals surface area contributed by atoms with Crippen molar-refractivity contribution in [2.24, 2.45) is 0 Å². The average Bonchev–Trinajstić information content (AvgIpc) is 2.16. The molecular weight excluding hydrogens is 180 g/mol. The van der Waals surface area contributed by atoms with Crippen LogP contribution in [0, 0.1) is 0 Å². The van der Waals surface area contributed by atoms with Crippen molar-refractivity contribution in [2.45, 2.75) is 25.2 Å². The molecule has 0 spiro atoms. The van der Waals surface area contributed by atoms with Crippen LogP contribution in [0.1, 0.15) is 29.9 Å². The quantitative estimate of drug-likeness (QED) is 0.714. The summed E-state index contributed by atoms with van der Waals surface area (Å²) in [6.45, 7) is 0. The van der Waals surface area contributed by atoms with E-state index in [2.05, 4.69) is 0 Å². The van der Waals surface area contributed by atoms with Crippen LogP contribution in [0.2, 0.25) is 0 Å². The number of hydrogen-bond acceptors (Lipinski definition) is 2. The van der Waals surface area contributed by atoms with Crippen LogP contribution in [0.3, 0.4) is 0 Å². The first-order valence-corrected chi connectivity index (χ1v) is 4.73. The van der Waals surface area contributed by atoms with Gasteiger partial charge in [-0.2, -0.15) is 0 Å². The fourth-order valence-corrected chi connectivity index (χ4v) is 2.06. The molecule has 0 saturated heterocycles. The zero-order valence-corrected chi connectivity index (χ0v) is 7.73. The Morgan fingerprint density at radius 3 is 2.93 bits per heavy atom. The lowest BCUT2D eigenvalue weighted by Crippen LogP contribution is -2.17. The molecule has 1 aromatic carbocycles. The van der Waals surface area contributed by atoms with Gasteiger partial charge < -0.3 is 10.2 Å². The minimum Gasteiger partial charge on any atom is -0.508 e. The number of benzene rings is 1. The van der Waals surface area contributed by atoms with Gasteiger partial charge in [0.2, 0.25) is 0 Å². The fourth-order valence-electron chi connectivity index (χ4n) is 2.06. The summed E-state index contributed by atoms with van der Waals surface area (Å²) in [5, 5.41) is 18.3. The summed E-state index contributed by atoms with van der Waals surface area (Å²) >= 11 is 0. The van der Waals surface area contributed by atoms with Gasteiger partial charge in [0.25, 0.3) is 0 Å². The highest BCUT2D eigenvalue weighted by atomic mass is 16.4. The van der Waals surface area contributed by atoms with Crippen molar-refractivity contribution < 1.29 is 15.0 Å². The molecule has 0 unspecified atom stereocenters. The van der Waals surface area contributed by atoms with Gasteiger partial charge in [-0.25, -0.2) is 0 Å². The maximum absolute atomic E-state index is 10.9. The molecule has 3 nitrogen and oxygen atoms in total. The van der Waals surface area contributed by atoms with Gasteiger partial charge in [-0.3, -0.25) is 4.79 Å². The third-order valence-corrected chi connectivity index (χ3v) is 2.74. The second kappa shape index (κ2) is 3.33. The van der Waals surface area contributed by atoms with Crippen LogP contribution in [0.15, 0.2) is 18.2 Å². The van der Waals surface area contributed by atoms with Crippen molar-refractivity contribution in [3.05, 3.63) is 29.3 Å².